The van der Waals surface area contributed by atoms with Gasteiger partial charge in [0, 0.05) is 17.7 Å². The number of alkyl halides is 3. The number of nitrogens with two attached hydrogens (primary N) is 1. The fourth-order valence-electron chi connectivity index (χ4n) is 3.46. The average Bonchev–Trinajstić information content (AvgIpc) is 3.06. The number of aromatic nitrogens is 2. The van der Waals surface area contributed by atoms with Crippen LogP contribution in [-0.4, -0.2) is 27.3 Å². The van der Waals surface area contributed by atoms with Gasteiger partial charge in [-0.1, -0.05) is 42.5 Å². The van der Waals surface area contributed by atoms with Crippen LogP contribution in [0, 0.1) is 0 Å². The molecule has 0 atom stereocenters. The highest BCUT2D eigenvalue weighted by Crippen LogP contribution is 2.39. The SMILES string of the molecule is NC(=O)N1CCn2nc(-c3ccccc3)c(-c3cccc(C(F)(F)F)c3)c2C1. The van der Waals surface area contributed by atoms with Crippen LogP contribution in [0.1, 0.15) is 11.3 Å². The van der Waals surface area contributed by atoms with E-state index in [2.05, 4.69) is 5.10 Å². The Bertz CT molecular complexity index is 1030. The van der Waals surface area contributed by atoms with Crippen molar-refractivity contribution >= 4 is 6.03 Å². The number of primary amides is 1. The second kappa shape index (κ2) is 6.70. The van der Waals surface area contributed by atoms with Gasteiger partial charge in [-0.25, -0.2) is 4.79 Å². The second-order valence-electron chi connectivity index (χ2n) is 6.60. The average molecular weight is 386 g/mol. The Morgan fingerprint density at radius 2 is 1.71 bits per heavy atom. The van der Waals surface area contributed by atoms with Crippen LogP contribution in [-0.2, 0) is 19.3 Å². The first-order valence-corrected chi connectivity index (χ1v) is 8.71. The molecule has 0 spiro atoms. The van der Waals surface area contributed by atoms with Gasteiger partial charge in [-0.2, -0.15) is 18.3 Å². The Kier molecular flexibility index (Phi) is 4.33. The molecule has 0 bridgehead atoms. The fourth-order valence-corrected chi connectivity index (χ4v) is 3.46. The van der Waals surface area contributed by atoms with Crippen LogP contribution in [0.2, 0.25) is 0 Å². The first-order chi connectivity index (χ1) is 13.3. The fraction of sp³-hybridized carbons (Fsp3) is 0.200. The number of amides is 2. The second-order valence-corrected chi connectivity index (χ2v) is 6.60. The van der Waals surface area contributed by atoms with Gasteiger partial charge >= 0.3 is 12.2 Å². The van der Waals surface area contributed by atoms with Gasteiger partial charge in [0.15, 0.2) is 0 Å². The number of carbonyl (C=O) groups excluding carboxylic acids is 1. The molecule has 5 nitrogen and oxygen atoms in total. The minimum atomic E-state index is -4.45. The predicted molar refractivity (Wildman–Crippen MR) is 98.1 cm³/mol. The molecule has 0 saturated heterocycles. The van der Waals surface area contributed by atoms with Crippen LogP contribution in [0.25, 0.3) is 22.4 Å². The highest BCUT2D eigenvalue weighted by Gasteiger charge is 2.32. The number of benzene rings is 2. The maximum absolute atomic E-state index is 13.2. The molecule has 2 amide bonds. The molecule has 0 aliphatic carbocycles. The van der Waals surface area contributed by atoms with Crippen molar-refractivity contribution in [3.05, 3.63) is 65.9 Å². The molecule has 1 aliphatic heterocycles. The minimum Gasteiger partial charge on any atom is -0.351 e. The Morgan fingerprint density at radius 1 is 1.00 bits per heavy atom. The van der Waals surface area contributed by atoms with E-state index in [9.17, 15) is 18.0 Å². The molecule has 4 rings (SSSR count). The van der Waals surface area contributed by atoms with Crippen LogP contribution in [0.4, 0.5) is 18.0 Å². The van der Waals surface area contributed by atoms with Crippen molar-refractivity contribution < 1.29 is 18.0 Å². The summed E-state index contributed by atoms with van der Waals surface area (Å²) in [6, 6.07) is 13.9. The van der Waals surface area contributed by atoms with Gasteiger partial charge < -0.3 is 10.6 Å². The third kappa shape index (κ3) is 3.21. The van der Waals surface area contributed by atoms with E-state index in [4.69, 9.17) is 5.73 Å². The largest absolute Gasteiger partial charge is 0.416 e. The van der Waals surface area contributed by atoms with E-state index >= 15 is 0 Å². The molecular formula is C20H17F3N4O. The molecule has 0 saturated carbocycles. The first-order valence-electron chi connectivity index (χ1n) is 8.71. The highest BCUT2D eigenvalue weighted by atomic mass is 19.4. The molecule has 0 fully saturated rings. The maximum Gasteiger partial charge on any atom is 0.416 e. The van der Waals surface area contributed by atoms with Crippen LogP contribution in [0.5, 0.6) is 0 Å². The number of nitrogens with zero attached hydrogens (tertiary/aromatic N) is 3. The van der Waals surface area contributed by atoms with Crippen LogP contribution >= 0.6 is 0 Å². The number of fused-ring (bicyclic) bond motifs is 1. The lowest BCUT2D eigenvalue weighted by atomic mass is 9.96. The van der Waals surface area contributed by atoms with E-state index in [-0.39, 0.29) is 6.54 Å². The lowest BCUT2D eigenvalue weighted by Crippen LogP contribution is -2.41. The van der Waals surface area contributed by atoms with Crippen molar-refractivity contribution in [3.63, 3.8) is 0 Å². The molecule has 2 aromatic carbocycles. The van der Waals surface area contributed by atoms with Crippen molar-refractivity contribution in [2.45, 2.75) is 19.3 Å². The van der Waals surface area contributed by atoms with Crippen LogP contribution in [0.3, 0.4) is 0 Å². The van der Waals surface area contributed by atoms with E-state index in [1.165, 1.54) is 11.0 Å². The smallest absolute Gasteiger partial charge is 0.351 e. The Morgan fingerprint density at radius 3 is 2.39 bits per heavy atom. The topological polar surface area (TPSA) is 64.2 Å². The molecule has 1 aromatic heterocycles. The Labute approximate surface area is 159 Å². The van der Waals surface area contributed by atoms with Crippen LogP contribution in [0.15, 0.2) is 54.6 Å². The summed E-state index contributed by atoms with van der Waals surface area (Å²) in [6.45, 7) is 1.03. The van der Waals surface area contributed by atoms with Crippen molar-refractivity contribution in [1.82, 2.24) is 14.7 Å². The van der Waals surface area contributed by atoms with Gasteiger partial charge in [-0.15, -0.1) is 0 Å². The third-order valence-electron chi connectivity index (χ3n) is 4.82. The molecule has 3 aromatic rings. The number of urea groups is 1. The van der Waals surface area contributed by atoms with E-state index in [0.717, 1.165) is 17.7 Å². The van der Waals surface area contributed by atoms with Gasteiger partial charge in [0.05, 0.1) is 24.3 Å². The summed E-state index contributed by atoms with van der Waals surface area (Å²) in [5, 5.41) is 4.64. The lowest BCUT2D eigenvalue weighted by Gasteiger charge is -2.26. The molecule has 2 heterocycles. The molecule has 144 valence electrons. The Hall–Kier alpha value is -3.29. The Balaban J connectivity index is 1.92. The minimum absolute atomic E-state index is 0.195. The number of hydrogen-bond acceptors (Lipinski definition) is 2. The van der Waals surface area contributed by atoms with Crippen molar-refractivity contribution in [3.8, 4) is 22.4 Å². The van der Waals surface area contributed by atoms with Crippen molar-refractivity contribution in [2.24, 2.45) is 5.73 Å². The van der Waals surface area contributed by atoms with Crippen molar-refractivity contribution in [2.75, 3.05) is 6.54 Å². The van der Waals surface area contributed by atoms with E-state index in [1.807, 2.05) is 30.3 Å². The summed E-state index contributed by atoms with van der Waals surface area (Å²) in [5.74, 6) is 0. The molecule has 1 aliphatic rings. The molecule has 2 N–H and O–H groups in total. The molecular weight excluding hydrogens is 369 g/mol. The van der Waals surface area contributed by atoms with Crippen LogP contribution < -0.4 is 5.73 Å². The zero-order valence-electron chi connectivity index (χ0n) is 14.8. The summed E-state index contributed by atoms with van der Waals surface area (Å²) in [6.07, 6.45) is -4.45. The summed E-state index contributed by atoms with van der Waals surface area (Å²) in [4.78, 5) is 13.1. The molecule has 0 unspecified atom stereocenters. The van der Waals surface area contributed by atoms with E-state index in [1.54, 1.807) is 10.7 Å². The summed E-state index contributed by atoms with van der Waals surface area (Å²) in [5.41, 5.74) is 7.73. The number of hydrogen-bond donors (Lipinski definition) is 1. The van der Waals surface area contributed by atoms with Gasteiger partial charge in [0.2, 0.25) is 0 Å². The first kappa shape index (κ1) is 18.1. The quantitative estimate of drug-likeness (QED) is 0.720. The van der Waals surface area contributed by atoms with Gasteiger partial charge in [0.25, 0.3) is 0 Å². The van der Waals surface area contributed by atoms with Gasteiger partial charge in [0.1, 0.15) is 5.69 Å². The summed E-state index contributed by atoms with van der Waals surface area (Å²) < 4.78 is 41.5. The number of rotatable bonds is 2. The zero-order valence-corrected chi connectivity index (χ0v) is 14.8. The number of carbonyl (C=O) groups is 1. The van der Waals surface area contributed by atoms with Gasteiger partial charge in [-0.3, -0.25) is 4.68 Å². The summed E-state index contributed by atoms with van der Waals surface area (Å²) in [7, 11) is 0. The highest BCUT2D eigenvalue weighted by molar-refractivity contribution is 5.83. The normalized spacial score (nSPS) is 14.0. The molecule has 28 heavy (non-hydrogen) atoms. The predicted octanol–water partition coefficient (Wildman–Crippen LogP) is 4.13. The van der Waals surface area contributed by atoms with E-state index in [0.29, 0.717) is 35.6 Å². The third-order valence-corrected chi connectivity index (χ3v) is 4.82. The van der Waals surface area contributed by atoms with Crippen molar-refractivity contribution in [1.29, 1.82) is 0 Å². The van der Waals surface area contributed by atoms with Gasteiger partial charge in [-0.05, 0) is 17.7 Å². The standard InChI is InChI=1S/C20H17F3N4O/c21-20(22,23)15-8-4-7-14(11-15)17-16-12-26(19(24)28)9-10-27(16)25-18(17)13-5-2-1-3-6-13/h1-8,11H,9-10,12H2,(H2,24,28). The monoisotopic (exact) mass is 386 g/mol. The maximum atomic E-state index is 13.2. The number of halogens is 3. The lowest BCUT2D eigenvalue weighted by molar-refractivity contribution is -0.137. The zero-order chi connectivity index (χ0) is 19.9. The molecule has 0 radical (unpaired) electrons. The summed E-state index contributed by atoms with van der Waals surface area (Å²) >= 11 is 0. The van der Waals surface area contributed by atoms with E-state index < -0.39 is 17.8 Å². The molecule has 8 heteroatoms.